The van der Waals surface area contributed by atoms with Gasteiger partial charge >= 0.3 is 37.7 Å². The normalized spacial score (nSPS) is 11.7. The Bertz CT molecular complexity index is 1670. The Hall–Kier alpha value is -1.52. The molecule has 0 saturated carbocycles. The summed E-state index contributed by atoms with van der Waals surface area (Å²) in [6.07, 6.45) is 25.5. The molecular weight excluding hydrogens is 705 g/mol. The average Bonchev–Trinajstić information content (AvgIpc) is 3.09. The number of fused-ring (bicyclic) bond motifs is 2. The van der Waals surface area contributed by atoms with E-state index in [1.165, 1.54) is 138 Å². The minimum Gasteiger partial charge on any atom is -0.744 e. The first-order valence-corrected chi connectivity index (χ1v) is 21.8. The first-order valence-electron chi connectivity index (χ1n) is 19.0. The van der Waals surface area contributed by atoms with E-state index in [-0.39, 0.29) is 47.5 Å². The molecule has 0 heterocycles. The maximum absolute atomic E-state index is 11.2. The molecule has 0 unspecified atom stereocenters. The van der Waals surface area contributed by atoms with Crippen LogP contribution in [0.2, 0.25) is 0 Å². The van der Waals surface area contributed by atoms with Crippen molar-refractivity contribution < 1.29 is 25.9 Å². The van der Waals surface area contributed by atoms with Crippen LogP contribution >= 0.6 is 0 Å². The molecule has 0 saturated heterocycles. The summed E-state index contributed by atoms with van der Waals surface area (Å²) in [5.74, 6) is 0. The van der Waals surface area contributed by atoms with Crippen molar-refractivity contribution in [3.05, 3.63) is 83.9 Å². The smallest absolute Gasteiger partial charge is 0.744 e. The quantitative estimate of drug-likeness (QED) is 0.0447. The summed E-state index contributed by atoms with van der Waals surface area (Å²) in [5, 5.41) is 3.75. The number of unbranched alkanes of at least 4 members (excludes halogenated alkanes) is 16. The van der Waals surface area contributed by atoms with E-state index < -0.39 is 20.2 Å². The van der Waals surface area contributed by atoms with Crippen molar-refractivity contribution in [2.45, 2.75) is 152 Å². The maximum Gasteiger partial charge on any atom is 2.00 e. The van der Waals surface area contributed by atoms with Crippen molar-refractivity contribution in [2.24, 2.45) is 0 Å². The van der Waals surface area contributed by atoms with Crippen LogP contribution in [0.5, 0.6) is 0 Å². The number of hydrogen-bond acceptors (Lipinski definition) is 6. The Kier molecular flexibility index (Phi) is 22.1. The van der Waals surface area contributed by atoms with Gasteiger partial charge in [-0.15, -0.1) is 0 Å². The van der Waals surface area contributed by atoms with E-state index in [2.05, 4.69) is 26.0 Å². The molecule has 9 heteroatoms. The second kappa shape index (κ2) is 24.7. The van der Waals surface area contributed by atoms with Gasteiger partial charge in [0.2, 0.25) is 0 Å². The molecule has 276 valence electrons. The molecule has 4 aromatic carbocycles. The maximum atomic E-state index is 11.2. The van der Waals surface area contributed by atoms with Crippen LogP contribution in [0.15, 0.2) is 82.6 Å². The molecule has 0 aliphatic carbocycles. The van der Waals surface area contributed by atoms with E-state index in [1.54, 1.807) is 12.1 Å². The van der Waals surface area contributed by atoms with Gasteiger partial charge in [0.1, 0.15) is 20.2 Å². The van der Waals surface area contributed by atoms with Crippen LogP contribution in [0.25, 0.3) is 21.5 Å². The van der Waals surface area contributed by atoms with Crippen molar-refractivity contribution in [3.8, 4) is 0 Å². The van der Waals surface area contributed by atoms with Gasteiger partial charge in [-0.05, 0) is 82.6 Å². The summed E-state index contributed by atoms with van der Waals surface area (Å²) in [6, 6.07) is 21.1. The molecule has 4 rings (SSSR count). The van der Waals surface area contributed by atoms with Gasteiger partial charge in [-0.2, -0.15) is 0 Å². The van der Waals surface area contributed by atoms with E-state index in [0.717, 1.165) is 47.2 Å². The van der Waals surface area contributed by atoms with Gasteiger partial charge in [0.15, 0.2) is 0 Å². The van der Waals surface area contributed by atoms with Crippen LogP contribution in [0.1, 0.15) is 141 Å². The molecule has 0 fully saturated rings. The molecule has 51 heavy (non-hydrogen) atoms. The number of rotatable bonds is 22. The van der Waals surface area contributed by atoms with Crippen LogP contribution in [-0.2, 0) is 33.1 Å². The van der Waals surface area contributed by atoms with E-state index >= 15 is 0 Å². The second-order valence-electron chi connectivity index (χ2n) is 13.7. The summed E-state index contributed by atoms with van der Waals surface area (Å²) >= 11 is 0. The zero-order chi connectivity index (χ0) is 36.2. The first kappa shape index (κ1) is 45.6. The standard InChI is InChI=1S/2C21H30O3S.Ca/c2*1-2-3-4-5-6-7-8-9-10-12-18-13-11-14-19-17-20(25(22,23)24)15-16-21(18)19;/h2*11,13-17H,2-10,12H2,1H3,(H,22,23,24);/q;;+2/p-2. The van der Waals surface area contributed by atoms with Crippen molar-refractivity contribution in [3.63, 3.8) is 0 Å². The molecule has 0 aliphatic heterocycles. The summed E-state index contributed by atoms with van der Waals surface area (Å²) < 4.78 is 67.0. The van der Waals surface area contributed by atoms with Gasteiger partial charge in [-0.25, -0.2) is 16.8 Å². The minimum absolute atomic E-state index is 0. The predicted octanol–water partition coefficient (Wildman–Crippen LogP) is 11.3. The fourth-order valence-corrected chi connectivity index (χ4v) is 7.67. The van der Waals surface area contributed by atoms with Crippen LogP contribution in [0, 0.1) is 0 Å². The van der Waals surface area contributed by atoms with Gasteiger partial charge in [0.05, 0.1) is 9.79 Å². The fourth-order valence-electron chi connectivity index (χ4n) is 6.66. The second-order valence-corrected chi connectivity index (χ2v) is 16.4. The predicted molar refractivity (Wildman–Crippen MR) is 211 cm³/mol. The molecule has 0 aromatic heterocycles. The Balaban J connectivity index is 0.000000347. The summed E-state index contributed by atoms with van der Waals surface area (Å²) in [4.78, 5) is -0.305. The van der Waals surface area contributed by atoms with Crippen molar-refractivity contribution in [2.75, 3.05) is 0 Å². The first-order chi connectivity index (χ1) is 24.0. The Labute approximate surface area is 338 Å². The molecule has 0 bridgehead atoms. The zero-order valence-electron chi connectivity index (χ0n) is 31.0. The summed E-state index contributed by atoms with van der Waals surface area (Å²) in [6.45, 7) is 4.49. The topological polar surface area (TPSA) is 114 Å². The summed E-state index contributed by atoms with van der Waals surface area (Å²) in [7, 11) is -8.79. The SMILES string of the molecule is CCCCCCCCCCCc1cccc2cc(S(=O)(=O)[O-])ccc12.CCCCCCCCCCCc1cccc2cc(S(=O)(=O)[O-])ccc12.[Ca+2]. The third-order valence-corrected chi connectivity index (χ3v) is 11.2. The monoisotopic (exact) mass is 762 g/mol. The molecule has 6 nitrogen and oxygen atoms in total. The molecule has 0 aliphatic rings. The van der Waals surface area contributed by atoms with E-state index in [4.69, 9.17) is 0 Å². The molecule has 0 radical (unpaired) electrons. The van der Waals surface area contributed by atoms with Gasteiger partial charge in [0, 0.05) is 0 Å². The number of hydrogen-bond donors (Lipinski definition) is 0. The van der Waals surface area contributed by atoms with E-state index in [0.29, 0.717) is 0 Å². The third kappa shape index (κ3) is 17.0. The van der Waals surface area contributed by atoms with Gasteiger partial charge in [-0.3, -0.25) is 0 Å². The largest absolute Gasteiger partial charge is 2.00 e. The molecule has 0 spiro atoms. The van der Waals surface area contributed by atoms with Gasteiger partial charge < -0.3 is 9.11 Å². The molecule has 0 N–H and O–H groups in total. The fraction of sp³-hybridized carbons (Fsp3) is 0.524. The third-order valence-electron chi connectivity index (χ3n) is 9.56. The zero-order valence-corrected chi connectivity index (χ0v) is 34.9. The molecule has 4 aromatic rings. The van der Waals surface area contributed by atoms with Crippen LogP contribution in [0.3, 0.4) is 0 Å². The Morgan fingerprint density at radius 1 is 0.431 bits per heavy atom. The Morgan fingerprint density at radius 2 is 0.745 bits per heavy atom. The van der Waals surface area contributed by atoms with Crippen molar-refractivity contribution in [1.29, 1.82) is 0 Å². The van der Waals surface area contributed by atoms with E-state index in [9.17, 15) is 25.9 Å². The van der Waals surface area contributed by atoms with Crippen molar-refractivity contribution >= 4 is 79.5 Å². The molecular formula is C42H58CaO6S2. The van der Waals surface area contributed by atoms with Crippen LogP contribution in [0.4, 0.5) is 0 Å². The molecule has 0 amide bonds. The number of benzene rings is 4. The van der Waals surface area contributed by atoms with Crippen LogP contribution in [-0.4, -0.2) is 63.7 Å². The minimum atomic E-state index is -4.39. The van der Waals surface area contributed by atoms with Gasteiger partial charge in [0.25, 0.3) is 0 Å². The summed E-state index contributed by atoms with van der Waals surface area (Å²) in [5.41, 5.74) is 2.46. The molecule has 0 atom stereocenters. The van der Waals surface area contributed by atoms with E-state index in [1.807, 2.05) is 24.3 Å². The van der Waals surface area contributed by atoms with Crippen molar-refractivity contribution in [1.82, 2.24) is 0 Å². The Morgan fingerprint density at radius 3 is 1.06 bits per heavy atom. The average molecular weight is 763 g/mol. The van der Waals surface area contributed by atoms with Gasteiger partial charge in [-0.1, -0.05) is 165 Å². The number of aryl methyl sites for hydroxylation is 2. The van der Waals surface area contributed by atoms with Crippen LogP contribution < -0.4 is 0 Å².